The molecule has 310 valence electrons. The molecule has 0 aromatic heterocycles. The molecule has 1 N–H and O–H groups in total. The number of unbranched alkanes of at least 4 members (excludes halogenated alkanes) is 27. The van der Waals surface area contributed by atoms with Gasteiger partial charge in [0.15, 0.2) is 6.10 Å². The molecule has 8 nitrogen and oxygen atoms in total. The number of allylic oxidation sites excluding steroid dienone is 1. The summed E-state index contributed by atoms with van der Waals surface area (Å²) in [6.07, 6.45) is 40.5. The Morgan fingerprint density at radius 3 is 1.42 bits per heavy atom. The molecule has 0 spiro atoms. The monoisotopic (exact) mass is 761 g/mol. The molecular formula is C43H87NO7P+. The zero-order valence-corrected chi connectivity index (χ0v) is 36.0. The second-order valence-electron chi connectivity index (χ2n) is 16.2. The average molecular weight is 761 g/mol. The van der Waals surface area contributed by atoms with Crippen LogP contribution in [0.15, 0.2) is 12.3 Å². The van der Waals surface area contributed by atoms with E-state index in [1.165, 1.54) is 154 Å². The van der Waals surface area contributed by atoms with Crippen LogP contribution < -0.4 is 0 Å². The summed E-state index contributed by atoms with van der Waals surface area (Å²) in [5, 5.41) is 0. The summed E-state index contributed by atoms with van der Waals surface area (Å²) in [5.74, 6) is -0.332. The summed E-state index contributed by atoms with van der Waals surface area (Å²) in [6, 6.07) is 0. The molecule has 2 atom stereocenters. The number of esters is 1. The quantitative estimate of drug-likeness (QED) is 0.0218. The first-order valence-electron chi connectivity index (χ1n) is 22.0. The Morgan fingerprint density at radius 1 is 0.596 bits per heavy atom. The minimum absolute atomic E-state index is 0.0541. The van der Waals surface area contributed by atoms with Crippen molar-refractivity contribution in [2.75, 3.05) is 47.5 Å². The molecular weight excluding hydrogens is 673 g/mol. The molecule has 0 radical (unpaired) electrons. The second-order valence-corrected chi connectivity index (χ2v) is 17.6. The lowest BCUT2D eigenvalue weighted by Gasteiger charge is -2.24. The van der Waals surface area contributed by atoms with Crippen LogP contribution in [0.5, 0.6) is 0 Å². The molecule has 0 aliphatic heterocycles. The highest BCUT2D eigenvalue weighted by atomic mass is 31.2. The van der Waals surface area contributed by atoms with Gasteiger partial charge in [-0.05, 0) is 25.3 Å². The molecule has 52 heavy (non-hydrogen) atoms. The molecule has 0 saturated heterocycles. The smallest absolute Gasteiger partial charge is 0.472 e. The van der Waals surface area contributed by atoms with Crippen molar-refractivity contribution in [3.05, 3.63) is 12.3 Å². The molecule has 0 aliphatic rings. The molecule has 0 fully saturated rings. The summed E-state index contributed by atoms with van der Waals surface area (Å²) in [5.41, 5.74) is 0. The number of rotatable bonds is 41. The number of hydrogen-bond acceptors (Lipinski definition) is 6. The zero-order valence-electron chi connectivity index (χ0n) is 35.1. The summed E-state index contributed by atoms with van der Waals surface area (Å²) in [6.45, 7) is 4.96. The van der Waals surface area contributed by atoms with E-state index in [-0.39, 0.29) is 25.8 Å². The Morgan fingerprint density at radius 2 is 1.00 bits per heavy atom. The second kappa shape index (κ2) is 37.0. The van der Waals surface area contributed by atoms with E-state index in [0.29, 0.717) is 17.4 Å². The molecule has 0 aromatic rings. The predicted molar refractivity (Wildman–Crippen MR) is 219 cm³/mol. The van der Waals surface area contributed by atoms with E-state index < -0.39 is 13.9 Å². The molecule has 0 heterocycles. The van der Waals surface area contributed by atoms with Crippen LogP contribution in [0.3, 0.4) is 0 Å². The fourth-order valence-electron chi connectivity index (χ4n) is 6.23. The van der Waals surface area contributed by atoms with Crippen LogP contribution in [0.4, 0.5) is 0 Å². The number of likely N-dealkylation sites (N-methyl/N-ethyl adjacent to an activating group) is 1. The van der Waals surface area contributed by atoms with E-state index in [1.807, 2.05) is 27.2 Å². The lowest BCUT2D eigenvalue weighted by atomic mass is 10.0. The number of hydrogen-bond donors (Lipinski definition) is 1. The normalized spacial score (nSPS) is 13.8. The van der Waals surface area contributed by atoms with E-state index in [1.54, 1.807) is 6.26 Å². The van der Waals surface area contributed by atoms with E-state index >= 15 is 0 Å². The summed E-state index contributed by atoms with van der Waals surface area (Å²) >= 11 is 0. The molecule has 1 unspecified atom stereocenters. The third kappa shape index (κ3) is 40.3. The van der Waals surface area contributed by atoms with Gasteiger partial charge in [0.05, 0.1) is 34.0 Å². The van der Waals surface area contributed by atoms with Gasteiger partial charge in [-0.15, -0.1) is 0 Å². The Kier molecular flexibility index (Phi) is 36.4. The number of carbonyl (C=O) groups is 1. The van der Waals surface area contributed by atoms with Gasteiger partial charge in [-0.1, -0.05) is 181 Å². The first-order valence-corrected chi connectivity index (χ1v) is 23.5. The van der Waals surface area contributed by atoms with Crippen molar-refractivity contribution >= 4 is 13.8 Å². The summed E-state index contributed by atoms with van der Waals surface area (Å²) in [4.78, 5) is 22.8. The van der Waals surface area contributed by atoms with Gasteiger partial charge in [-0.25, -0.2) is 4.57 Å². The molecule has 0 amide bonds. The fourth-order valence-corrected chi connectivity index (χ4v) is 6.97. The highest BCUT2D eigenvalue weighted by Crippen LogP contribution is 2.43. The van der Waals surface area contributed by atoms with Gasteiger partial charge in [0.1, 0.15) is 19.8 Å². The van der Waals surface area contributed by atoms with E-state index in [2.05, 4.69) is 13.8 Å². The maximum Gasteiger partial charge on any atom is 0.472 e. The number of carbonyl (C=O) groups excluding carboxylic acids is 1. The number of quaternary nitrogens is 1. The van der Waals surface area contributed by atoms with Crippen molar-refractivity contribution in [2.24, 2.45) is 0 Å². The largest absolute Gasteiger partial charge is 0.498 e. The number of phosphoric ester groups is 1. The zero-order chi connectivity index (χ0) is 38.4. The molecule has 0 aromatic carbocycles. The van der Waals surface area contributed by atoms with Crippen LogP contribution in [0.2, 0.25) is 0 Å². The highest BCUT2D eigenvalue weighted by Gasteiger charge is 2.26. The standard InChI is InChI=1S/C43H86NO7P/c1-6-8-10-12-14-16-18-20-22-23-24-26-28-30-32-34-36-43(45)51-42(41-50-52(46,47)49-39-37-44(3,4)5)40-48-38-35-33-31-29-27-25-21-19-17-15-13-11-9-7-2/h35,38,42H,6-34,36-37,39-41H2,1-5H3/p+1/b38-35+/t42-/m1/s1. The van der Waals surface area contributed by atoms with E-state index in [9.17, 15) is 14.3 Å². The predicted octanol–water partition coefficient (Wildman–Crippen LogP) is 13.0. The van der Waals surface area contributed by atoms with Crippen molar-refractivity contribution in [2.45, 2.75) is 213 Å². The lowest BCUT2D eigenvalue weighted by molar-refractivity contribution is -0.870. The van der Waals surface area contributed by atoms with E-state index in [0.717, 1.165) is 32.1 Å². The van der Waals surface area contributed by atoms with Crippen molar-refractivity contribution in [3.63, 3.8) is 0 Å². The minimum atomic E-state index is -4.28. The van der Waals surface area contributed by atoms with Crippen molar-refractivity contribution in [1.29, 1.82) is 0 Å². The van der Waals surface area contributed by atoms with Crippen LogP contribution in [0, 0.1) is 0 Å². The third-order valence-electron chi connectivity index (χ3n) is 9.67. The molecule has 0 bridgehead atoms. The first kappa shape index (κ1) is 51.1. The van der Waals surface area contributed by atoms with Gasteiger partial charge in [0, 0.05) is 6.42 Å². The summed E-state index contributed by atoms with van der Waals surface area (Å²) < 4.78 is 34.7. The van der Waals surface area contributed by atoms with Crippen LogP contribution in [-0.2, 0) is 27.9 Å². The van der Waals surface area contributed by atoms with Crippen LogP contribution in [0.1, 0.15) is 206 Å². The number of nitrogens with zero attached hydrogens (tertiary/aromatic N) is 1. The molecule has 0 rings (SSSR count). The van der Waals surface area contributed by atoms with Crippen molar-refractivity contribution < 1.29 is 37.3 Å². The van der Waals surface area contributed by atoms with Gasteiger partial charge < -0.3 is 18.9 Å². The fraction of sp³-hybridized carbons (Fsp3) is 0.930. The van der Waals surface area contributed by atoms with E-state index in [4.69, 9.17) is 18.5 Å². The number of ether oxygens (including phenoxy) is 2. The van der Waals surface area contributed by atoms with Crippen molar-refractivity contribution in [1.82, 2.24) is 0 Å². The van der Waals surface area contributed by atoms with Crippen LogP contribution in [0.25, 0.3) is 0 Å². The Hall–Kier alpha value is -0.920. The maximum atomic E-state index is 12.7. The van der Waals surface area contributed by atoms with Gasteiger partial charge in [-0.2, -0.15) is 0 Å². The average Bonchev–Trinajstić information content (AvgIpc) is 3.09. The van der Waals surface area contributed by atoms with Gasteiger partial charge >= 0.3 is 13.8 Å². The Balaban J connectivity index is 4.25. The first-order chi connectivity index (χ1) is 25.1. The topological polar surface area (TPSA) is 91.3 Å². The molecule has 0 aliphatic carbocycles. The minimum Gasteiger partial charge on any atom is -0.498 e. The maximum absolute atomic E-state index is 12.7. The Bertz CT molecular complexity index is 848. The molecule has 0 saturated carbocycles. The van der Waals surface area contributed by atoms with Crippen molar-refractivity contribution in [3.8, 4) is 0 Å². The van der Waals surface area contributed by atoms with Gasteiger partial charge in [-0.3, -0.25) is 13.8 Å². The van der Waals surface area contributed by atoms with Gasteiger partial charge in [0.2, 0.25) is 0 Å². The third-order valence-corrected chi connectivity index (χ3v) is 10.7. The highest BCUT2D eigenvalue weighted by molar-refractivity contribution is 7.47. The Labute approximate surface area is 322 Å². The summed E-state index contributed by atoms with van der Waals surface area (Å²) in [7, 11) is 1.65. The SMILES string of the molecule is CCCCCCCCCCCCCC/C=C/OC[C@H](COP(=O)(O)OCC[N+](C)(C)C)OC(=O)CCCCCCCCCCCCCCCCCC. The van der Waals surface area contributed by atoms with Gasteiger partial charge in [0.25, 0.3) is 0 Å². The lowest BCUT2D eigenvalue weighted by Crippen LogP contribution is -2.37. The number of phosphoric acid groups is 1. The van der Waals surface area contributed by atoms with Crippen LogP contribution >= 0.6 is 7.82 Å². The molecule has 9 heteroatoms. The van der Waals surface area contributed by atoms with Crippen LogP contribution in [-0.4, -0.2) is 69.0 Å².